The highest BCUT2D eigenvalue weighted by atomic mass is 19.1. The Morgan fingerprint density at radius 3 is 2.45 bits per heavy atom. The molecule has 0 saturated heterocycles. The monoisotopic (exact) mass is 503 g/mol. The van der Waals surface area contributed by atoms with Crippen LogP contribution in [0.25, 0.3) is 38.5 Å². The molecule has 0 unspecified atom stereocenters. The molecule has 0 spiro atoms. The van der Waals surface area contributed by atoms with E-state index in [0.29, 0.717) is 44.6 Å². The van der Waals surface area contributed by atoms with Crippen molar-refractivity contribution in [1.82, 2.24) is 24.5 Å². The maximum absolute atomic E-state index is 14.8. The second kappa shape index (κ2) is 9.36. The SMILES string of the molecule is C[C@H](Nc1ncnc2cccc(F)c12)c1cc2cccc(-c3cnc(N)nc3)c2c(=O)n1-c1ccccc1. The van der Waals surface area contributed by atoms with Crippen molar-refractivity contribution in [2.75, 3.05) is 11.1 Å². The standard InChI is InChI=1S/C29H22FN7O/c1-17(36-27-26-22(30)11-6-12-23(26)34-16-35-27)24-13-18-7-5-10-21(19-14-32-29(31)33-15-19)25(18)28(38)37(24)20-8-3-2-4-9-20/h2-17H,1H3,(H2,31,32,33)(H,34,35,36)/t17-/m0/s1. The van der Waals surface area contributed by atoms with Crippen LogP contribution in [-0.4, -0.2) is 24.5 Å². The van der Waals surface area contributed by atoms with E-state index in [1.807, 2.05) is 61.5 Å². The third-order valence-electron chi connectivity index (χ3n) is 6.48. The highest BCUT2D eigenvalue weighted by molar-refractivity contribution is 5.96. The molecule has 6 aromatic rings. The van der Waals surface area contributed by atoms with Gasteiger partial charge in [-0.15, -0.1) is 0 Å². The maximum Gasteiger partial charge on any atom is 0.263 e. The maximum atomic E-state index is 14.8. The normalized spacial score (nSPS) is 12.1. The van der Waals surface area contributed by atoms with Gasteiger partial charge in [0.2, 0.25) is 5.95 Å². The Balaban J connectivity index is 1.57. The van der Waals surface area contributed by atoms with Crippen LogP contribution in [0.15, 0.2) is 96.3 Å². The number of pyridine rings is 1. The van der Waals surface area contributed by atoms with Crippen molar-refractivity contribution < 1.29 is 4.39 Å². The predicted molar refractivity (Wildman–Crippen MR) is 147 cm³/mol. The van der Waals surface area contributed by atoms with E-state index in [1.165, 1.54) is 12.4 Å². The van der Waals surface area contributed by atoms with E-state index in [-0.39, 0.29) is 11.5 Å². The molecule has 0 radical (unpaired) electrons. The lowest BCUT2D eigenvalue weighted by Crippen LogP contribution is -2.26. The Labute approximate surface area is 216 Å². The zero-order chi connectivity index (χ0) is 26.2. The number of halogens is 1. The van der Waals surface area contributed by atoms with Gasteiger partial charge in [-0.1, -0.05) is 42.5 Å². The minimum atomic E-state index is -0.424. The van der Waals surface area contributed by atoms with Gasteiger partial charge >= 0.3 is 0 Å². The molecule has 1 atom stereocenters. The molecule has 3 N–H and O–H groups in total. The van der Waals surface area contributed by atoms with Crippen molar-refractivity contribution >= 4 is 33.4 Å². The first kappa shape index (κ1) is 23.2. The Kier molecular flexibility index (Phi) is 5.72. The van der Waals surface area contributed by atoms with Crippen molar-refractivity contribution in [3.8, 4) is 16.8 Å². The number of hydrogen-bond acceptors (Lipinski definition) is 7. The van der Waals surface area contributed by atoms with E-state index in [9.17, 15) is 9.18 Å². The topological polar surface area (TPSA) is 112 Å². The predicted octanol–water partition coefficient (Wildman–Crippen LogP) is 5.29. The van der Waals surface area contributed by atoms with Crippen molar-refractivity contribution in [3.63, 3.8) is 0 Å². The van der Waals surface area contributed by atoms with Gasteiger partial charge in [-0.25, -0.2) is 24.3 Å². The van der Waals surface area contributed by atoms with E-state index < -0.39 is 11.9 Å². The van der Waals surface area contributed by atoms with Gasteiger partial charge in [0.25, 0.3) is 5.56 Å². The van der Waals surface area contributed by atoms with Crippen LogP contribution in [0.4, 0.5) is 16.2 Å². The van der Waals surface area contributed by atoms with Gasteiger partial charge in [-0.05, 0) is 48.2 Å². The summed E-state index contributed by atoms with van der Waals surface area (Å²) < 4.78 is 16.4. The van der Waals surface area contributed by atoms with Crippen LogP contribution >= 0.6 is 0 Å². The number of para-hydroxylation sites is 1. The fourth-order valence-electron chi connectivity index (χ4n) is 4.72. The number of benzene rings is 3. The Bertz CT molecular complexity index is 1850. The Morgan fingerprint density at radius 1 is 0.895 bits per heavy atom. The molecule has 38 heavy (non-hydrogen) atoms. The van der Waals surface area contributed by atoms with Gasteiger partial charge in [-0.2, -0.15) is 0 Å². The lowest BCUT2D eigenvalue weighted by molar-refractivity contribution is 0.639. The molecule has 0 fully saturated rings. The third-order valence-corrected chi connectivity index (χ3v) is 6.48. The van der Waals surface area contributed by atoms with Crippen LogP contribution in [0.5, 0.6) is 0 Å². The summed E-state index contributed by atoms with van der Waals surface area (Å²) in [6.07, 6.45) is 4.61. The molecule has 186 valence electrons. The first-order chi connectivity index (χ1) is 18.5. The van der Waals surface area contributed by atoms with E-state index in [0.717, 1.165) is 5.39 Å². The molecular weight excluding hydrogens is 481 g/mol. The van der Waals surface area contributed by atoms with E-state index in [2.05, 4.69) is 25.3 Å². The molecule has 6 rings (SSSR count). The summed E-state index contributed by atoms with van der Waals surface area (Å²) in [5.74, 6) is 0.0826. The minimum Gasteiger partial charge on any atom is -0.368 e. The lowest BCUT2D eigenvalue weighted by Gasteiger charge is -2.22. The largest absolute Gasteiger partial charge is 0.368 e. The van der Waals surface area contributed by atoms with Gasteiger partial charge in [0, 0.05) is 29.3 Å². The molecule has 9 heteroatoms. The van der Waals surface area contributed by atoms with Crippen LogP contribution in [-0.2, 0) is 0 Å². The zero-order valence-corrected chi connectivity index (χ0v) is 20.3. The number of fused-ring (bicyclic) bond motifs is 2. The molecule has 3 aromatic heterocycles. The molecule has 0 amide bonds. The quantitative estimate of drug-likeness (QED) is 0.329. The first-order valence-electron chi connectivity index (χ1n) is 12.0. The molecule has 0 aliphatic rings. The van der Waals surface area contributed by atoms with E-state index >= 15 is 0 Å². The van der Waals surface area contributed by atoms with Crippen LogP contribution in [0.2, 0.25) is 0 Å². The summed E-state index contributed by atoms with van der Waals surface area (Å²) in [5.41, 5.74) is 8.73. The molecule has 0 bridgehead atoms. The third kappa shape index (κ3) is 4.00. The summed E-state index contributed by atoms with van der Waals surface area (Å²) in [5, 5.41) is 4.88. The second-order valence-corrected chi connectivity index (χ2v) is 8.87. The highest BCUT2D eigenvalue weighted by Gasteiger charge is 2.20. The first-order valence-corrected chi connectivity index (χ1v) is 12.0. The summed E-state index contributed by atoms with van der Waals surface area (Å²) in [7, 11) is 0. The smallest absolute Gasteiger partial charge is 0.263 e. The van der Waals surface area contributed by atoms with Gasteiger partial charge in [0.15, 0.2) is 0 Å². The number of rotatable bonds is 5. The van der Waals surface area contributed by atoms with Gasteiger partial charge in [0.1, 0.15) is 18.0 Å². The molecule has 0 aliphatic carbocycles. The van der Waals surface area contributed by atoms with Crippen LogP contribution in [0.3, 0.4) is 0 Å². The number of nitrogen functional groups attached to an aromatic ring is 1. The summed E-state index contributed by atoms with van der Waals surface area (Å²) in [4.78, 5) is 30.9. The number of nitrogens with two attached hydrogens (primary N) is 1. The molecule has 3 heterocycles. The Hall–Kier alpha value is -5.18. The van der Waals surface area contributed by atoms with Gasteiger partial charge < -0.3 is 11.1 Å². The average molecular weight is 504 g/mol. The second-order valence-electron chi connectivity index (χ2n) is 8.87. The average Bonchev–Trinajstić information content (AvgIpc) is 2.93. The fraction of sp³-hybridized carbons (Fsp3) is 0.0690. The van der Waals surface area contributed by atoms with Gasteiger partial charge in [-0.3, -0.25) is 9.36 Å². The number of aromatic nitrogens is 5. The molecule has 8 nitrogen and oxygen atoms in total. The molecule has 0 aliphatic heterocycles. The van der Waals surface area contributed by atoms with Crippen molar-refractivity contribution in [1.29, 1.82) is 0 Å². The number of nitrogens with one attached hydrogen (secondary N) is 1. The van der Waals surface area contributed by atoms with E-state index in [1.54, 1.807) is 29.1 Å². The van der Waals surface area contributed by atoms with Crippen LogP contribution in [0.1, 0.15) is 18.7 Å². The van der Waals surface area contributed by atoms with Crippen LogP contribution in [0, 0.1) is 5.82 Å². The number of nitrogens with zero attached hydrogens (tertiary/aromatic N) is 5. The molecule has 0 saturated carbocycles. The van der Waals surface area contributed by atoms with E-state index in [4.69, 9.17) is 5.73 Å². The highest BCUT2D eigenvalue weighted by Crippen LogP contribution is 2.31. The lowest BCUT2D eigenvalue weighted by atomic mass is 9.99. The number of anilines is 2. The Morgan fingerprint density at radius 2 is 1.66 bits per heavy atom. The molecular formula is C29H22FN7O. The van der Waals surface area contributed by atoms with Crippen LogP contribution < -0.4 is 16.6 Å². The fourth-order valence-corrected chi connectivity index (χ4v) is 4.72. The molecule has 3 aromatic carbocycles. The number of hydrogen-bond donors (Lipinski definition) is 2. The summed E-state index contributed by atoms with van der Waals surface area (Å²) >= 11 is 0. The zero-order valence-electron chi connectivity index (χ0n) is 20.3. The summed E-state index contributed by atoms with van der Waals surface area (Å²) in [6, 6.07) is 21.3. The van der Waals surface area contributed by atoms with Crippen molar-refractivity contribution in [2.24, 2.45) is 0 Å². The summed E-state index contributed by atoms with van der Waals surface area (Å²) in [6.45, 7) is 1.91. The minimum absolute atomic E-state index is 0.159. The van der Waals surface area contributed by atoms with Crippen molar-refractivity contribution in [3.05, 3.63) is 113 Å². The van der Waals surface area contributed by atoms with Gasteiger partial charge in [0.05, 0.1) is 22.3 Å². The van der Waals surface area contributed by atoms with Crippen molar-refractivity contribution in [2.45, 2.75) is 13.0 Å².